The normalized spacial score (nSPS) is 24.5. The molecule has 1 aromatic carbocycles. The topological polar surface area (TPSA) is 0 Å². The molecule has 0 heterocycles. The fraction of sp³-hybridized carbons (Fsp3) is 0.333. The van der Waals surface area contributed by atoms with Gasteiger partial charge in [0.15, 0.2) is 0 Å². The third-order valence-corrected chi connectivity index (χ3v) is 2.79. The lowest BCUT2D eigenvalue weighted by Gasteiger charge is -2.01. The fourth-order valence-electron chi connectivity index (χ4n) is 1.35. The van der Waals surface area contributed by atoms with Crippen LogP contribution in [-0.4, -0.2) is 5.92 Å². The summed E-state index contributed by atoms with van der Waals surface area (Å²) in [5, 5.41) is 0.493. The first-order valence-corrected chi connectivity index (χ1v) is 5.00. The summed E-state index contributed by atoms with van der Waals surface area (Å²) in [7, 11) is 0. The molecule has 13 heavy (non-hydrogen) atoms. The summed E-state index contributed by atoms with van der Waals surface area (Å²) in [4.78, 5) is 0. The molecule has 2 rings (SSSR count). The predicted octanol–water partition coefficient (Wildman–Crippen LogP) is 4.23. The molecule has 0 saturated heterocycles. The molecule has 1 atom stereocenters. The highest BCUT2D eigenvalue weighted by Gasteiger charge is 2.57. The first-order valence-electron chi connectivity index (χ1n) is 3.83. The predicted molar refractivity (Wildman–Crippen MR) is 51.5 cm³/mol. The highest BCUT2D eigenvalue weighted by atomic mass is 79.9. The molecule has 70 valence electrons. The smallest absolute Gasteiger partial charge is 0.206 e. The molecule has 0 bridgehead atoms. The molecule has 0 amide bonds. The lowest BCUT2D eigenvalue weighted by molar-refractivity contribution is 0.112. The van der Waals surface area contributed by atoms with Crippen molar-refractivity contribution < 1.29 is 8.78 Å². The van der Waals surface area contributed by atoms with Crippen molar-refractivity contribution in [3.05, 3.63) is 33.3 Å². The lowest BCUT2D eigenvalue weighted by Crippen LogP contribution is -1.92. The van der Waals surface area contributed by atoms with Gasteiger partial charge in [0.1, 0.15) is 0 Å². The summed E-state index contributed by atoms with van der Waals surface area (Å²) in [5.74, 6) is -3.16. The number of hydrogen-bond donors (Lipinski definition) is 0. The molecule has 0 nitrogen and oxygen atoms in total. The van der Waals surface area contributed by atoms with Gasteiger partial charge in [-0.1, -0.05) is 27.5 Å². The minimum absolute atomic E-state index is 0.0558. The molecule has 1 unspecified atom stereocenters. The average Bonchev–Trinajstić information content (AvgIpc) is 2.57. The number of alkyl halides is 2. The zero-order valence-corrected chi connectivity index (χ0v) is 8.87. The molecule has 1 saturated carbocycles. The van der Waals surface area contributed by atoms with Crippen molar-refractivity contribution in [3.63, 3.8) is 0 Å². The van der Waals surface area contributed by atoms with Gasteiger partial charge in [-0.15, -0.1) is 0 Å². The van der Waals surface area contributed by atoms with Crippen LogP contribution in [0.4, 0.5) is 8.78 Å². The van der Waals surface area contributed by atoms with Gasteiger partial charge in [0.05, 0.1) is 5.92 Å². The number of rotatable bonds is 1. The van der Waals surface area contributed by atoms with Crippen LogP contribution in [0, 0.1) is 0 Å². The Morgan fingerprint density at radius 3 is 2.46 bits per heavy atom. The van der Waals surface area contributed by atoms with Crippen LogP contribution in [0.25, 0.3) is 0 Å². The Morgan fingerprint density at radius 2 is 2.00 bits per heavy atom. The van der Waals surface area contributed by atoms with Crippen molar-refractivity contribution in [1.82, 2.24) is 0 Å². The van der Waals surface area contributed by atoms with E-state index in [-0.39, 0.29) is 6.42 Å². The second-order valence-electron chi connectivity index (χ2n) is 3.22. The molecule has 1 fully saturated rings. The van der Waals surface area contributed by atoms with Crippen LogP contribution in [0.2, 0.25) is 5.02 Å². The van der Waals surface area contributed by atoms with E-state index in [1.807, 2.05) is 0 Å². The largest absolute Gasteiger partial charge is 0.255 e. The van der Waals surface area contributed by atoms with Gasteiger partial charge >= 0.3 is 0 Å². The Balaban J connectivity index is 2.32. The molecule has 0 radical (unpaired) electrons. The number of hydrogen-bond acceptors (Lipinski definition) is 0. The SMILES string of the molecule is FC1(F)CC1c1cc(Cl)cc(Br)c1. The van der Waals surface area contributed by atoms with E-state index in [0.717, 1.165) is 4.47 Å². The first-order chi connectivity index (χ1) is 5.99. The maximum absolute atomic E-state index is 12.7. The highest BCUT2D eigenvalue weighted by molar-refractivity contribution is 9.10. The first kappa shape index (κ1) is 9.41. The third-order valence-electron chi connectivity index (χ3n) is 2.11. The second-order valence-corrected chi connectivity index (χ2v) is 4.57. The van der Waals surface area contributed by atoms with E-state index in [1.54, 1.807) is 18.2 Å². The molecule has 4 heteroatoms. The second kappa shape index (κ2) is 2.92. The molecular weight excluding hydrogens is 261 g/mol. The Morgan fingerprint density at radius 1 is 1.38 bits per heavy atom. The molecule has 0 N–H and O–H groups in total. The van der Waals surface area contributed by atoms with Gasteiger partial charge in [-0.3, -0.25) is 0 Å². The summed E-state index contributed by atoms with van der Waals surface area (Å²) >= 11 is 8.96. The van der Waals surface area contributed by atoms with E-state index < -0.39 is 11.8 Å². The van der Waals surface area contributed by atoms with Crippen LogP contribution in [0.1, 0.15) is 17.9 Å². The minimum atomic E-state index is -2.52. The third kappa shape index (κ3) is 1.86. The molecular formula is C9H6BrClF2. The molecule has 1 aliphatic carbocycles. The van der Waals surface area contributed by atoms with Crippen LogP contribution in [0.15, 0.2) is 22.7 Å². The van der Waals surface area contributed by atoms with Crippen molar-refractivity contribution >= 4 is 27.5 Å². The Bertz CT molecular complexity index is 331. The average molecular weight is 267 g/mol. The summed E-state index contributed by atoms with van der Waals surface area (Å²) in [6.07, 6.45) is -0.0558. The van der Waals surface area contributed by atoms with Crippen LogP contribution in [-0.2, 0) is 0 Å². The van der Waals surface area contributed by atoms with Crippen molar-refractivity contribution in [2.45, 2.75) is 18.3 Å². The lowest BCUT2D eigenvalue weighted by atomic mass is 10.1. The van der Waals surface area contributed by atoms with E-state index in [0.29, 0.717) is 10.6 Å². The minimum Gasteiger partial charge on any atom is -0.206 e. The number of benzene rings is 1. The monoisotopic (exact) mass is 266 g/mol. The van der Waals surface area contributed by atoms with Gasteiger partial charge in [-0.2, -0.15) is 0 Å². The zero-order valence-electron chi connectivity index (χ0n) is 6.53. The van der Waals surface area contributed by atoms with E-state index in [2.05, 4.69) is 15.9 Å². The van der Waals surface area contributed by atoms with Crippen LogP contribution < -0.4 is 0 Å². The van der Waals surface area contributed by atoms with Crippen molar-refractivity contribution in [2.24, 2.45) is 0 Å². The van der Waals surface area contributed by atoms with Gasteiger partial charge in [-0.25, -0.2) is 8.78 Å². The Hall–Kier alpha value is -0.150. The van der Waals surface area contributed by atoms with Crippen molar-refractivity contribution in [1.29, 1.82) is 0 Å². The summed E-state index contributed by atoms with van der Waals surface area (Å²) < 4.78 is 26.1. The van der Waals surface area contributed by atoms with Gasteiger partial charge in [0.2, 0.25) is 0 Å². The summed E-state index contributed by atoms with van der Waals surface area (Å²) in [6, 6.07) is 4.97. The molecule has 0 aromatic heterocycles. The molecule has 1 aromatic rings. The quantitative estimate of drug-likeness (QED) is 0.714. The van der Waals surface area contributed by atoms with E-state index in [1.165, 1.54) is 0 Å². The van der Waals surface area contributed by atoms with E-state index in [9.17, 15) is 8.78 Å². The molecule has 0 spiro atoms. The summed E-state index contributed by atoms with van der Waals surface area (Å²) in [5.41, 5.74) is 0.615. The fourth-order valence-corrected chi connectivity index (χ4v) is 2.24. The standard InChI is InChI=1S/C9H6BrClF2/c10-6-1-5(2-7(11)3-6)8-4-9(8,12)13/h1-3,8H,4H2. The highest BCUT2D eigenvalue weighted by Crippen LogP contribution is 2.56. The number of halogens is 4. The van der Waals surface area contributed by atoms with Crippen molar-refractivity contribution in [3.8, 4) is 0 Å². The van der Waals surface area contributed by atoms with E-state index in [4.69, 9.17) is 11.6 Å². The van der Waals surface area contributed by atoms with Gasteiger partial charge < -0.3 is 0 Å². The van der Waals surface area contributed by atoms with Crippen molar-refractivity contribution in [2.75, 3.05) is 0 Å². The molecule has 0 aliphatic heterocycles. The van der Waals surface area contributed by atoms with E-state index >= 15 is 0 Å². The zero-order chi connectivity index (χ0) is 9.64. The van der Waals surface area contributed by atoms with Crippen LogP contribution in [0.5, 0.6) is 0 Å². The Kier molecular flexibility index (Phi) is 2.11. The van der Waals surface area contributed by atoms with Gasteiger partial charge in [0, 0.05) is 15.9 Å². The summed E-state index contributed by atoms with van der Waals surface area (Å²) in [6.45, 7) is 0. The van der Waals surface area contributed by atoms with Gasteiger partial charge in [0.25, 0.3) is 5.92 Å². The molecule has 1 aliphatic rings. The maximum Gasteiger partial charge on any atom is 0.255 e. The Labute approximate surface area is 88.0 Å². The van der Waals surface area contributed by atoms with Crippen LogP contribution in [0.3, 0.4) is 0 Å². The maximum atomic E-state index is 12.7. The van der Waals surface area contributed by atoms with Gasteiger partial charge in [-0.05, 0) is 23.8 Å². The van der Waals surface area contributed by atoms with Crippen LogP contribution >= 0.6 is 27.5 Å².